The Bertz CT molecular complexity index is 600. The van der Waals surface area contributed by atoms with Crippen LogP contribution in [0.15, 0.2) is 20.0 Å². The first kappa shape index (κ1) is 17.0. The van der Waals surface area contributed by atoms with Crippen molar-refractivity contribution in [3.8, 4) is 0 Å². The summed E-state index contributed by atoms with van der Waals surface area (Å²) >= 11 is 3.22. The lowest BCUT2D eigenvalue weighted by molar-refractivity contribution is 0.310. The van der Waals surface area contributed by atoms with Crippen molar-refractivity contribution in [1.82, 2.24) is 9.62 Å². The van der Waals surface area contributed by atoms with E-state index in [0.717, 1.165) is 0 Å². The largest absolute Gasteiger partial charge is 0.452 e. The highest BCUT2D eigenvalue weighted by atomic mass is 79.9. The maximum atomic E-state index is 12.6. The number of nitrogens with one attached hydrogen (secondary N) is 1. The van der Waals surface area contributed by atoms with Crippen molar-refractivity contribution >= 4 is 26.0 Å². The summed E-state index contributed by atoms with van der Waals surface area (Å²) in [7, 11) is -1.94. The smallest absolute Gasteiger partial charge is 0.247 e. The summed E-state index contributed by atoms with van der Waals surface area (Å²) in [5, 5.41) is 3.31. The molecule has 1 aromatic heterocycles. The highest BCUT2D eigenvalue weighted by Crippen LogP contribution is 2.30. The van der Waals surface area contributed by atoms with Gasteiger partial charge in [0.05, 0.1) is 6.54 Å². The van der Waals surface area contributed by atoms with Gasteiger partial charge < -0.3 is 9.73 Å². The van der Waals surface area contributed by atoms with Crippen LogP contribution in [0.3, 0.4) is 0 Å². The second-order valence-electron chi connectivity index (χ2n) is 6.83. The van der Waals surface area contributed by atoms with Crippen molar-refractivity contribution in [1.29, 1.82) is 0 Å². The normalized spacial score (nSPS) is 16.7. The summed E-state index contributed by atoms with van der Waals surface area (Å²) in [5.74, 6) is 0.636. The number of halogens is 1. The first-order valence-corrected chi connectivity index (χ1v) is 9.31. The maximum Gasteiger partial charge on any atom is 0.247 e. The van der Waals surface area contributed by atoms with Crippen LogP contribution < -0.4 is 5.32 Å². The van der Waals surface area contributed by atoms with E-state index in [2.05, 4.69) is 21.2 Å². The van der Waals surface area contributed by atoms with Gasteiger partial charge >= 0.3 is 0 Å². The van der Waals surface area contributed by atoms with E-state index in [9.17, 15) is 8.42 Å². The molecule has 0 aromatic carbocycles. The first-order valence-electron chi connectivity index (χ1n) is 7.07. The quantitative estimate of drug-likeness (QED) is 0.826. The zero-order chi connectivity index (χ0) is 15.8. The lowest BCUT2D eigenvalue weighted by atomic mass is 9.97. The molecule has 7 heteroatoms. The van der Waals surface area contributed by atoms with Crippen LogP contribution in [0.4, 0.5) is 0 Å². The second-order valence-corrected chi connectivity index (χ2v) is 9.56. The van der Waals surface area contributed by atoms with Crippen molar-refractivity contribution in [2.24, 2.45) is 5.41 Å². The topological polar surface area (TPSA) is 62.6 Å². The zero-order valence-electron chi connectivity index (χ0n) is 12.9. The van der Waals surface area contributed by atoms with Gasteiger partial charge in [-0.05, 0) is 34.2 Å². The Morgan fingerprint density at radius 2 is 2.05 bits per heavy atom. The third kappa shape index (κ3) is 4.55. The van der Waals surface area contributed by atoms with E-state index in [1.807, 2.05) is 20.8 Å². The minimum absolute atomic E-state index is 0.103. The third-order valence-electron chi connectivity index (χ3n) is 3.23. The molecule has 1 aliphatic carbocycles. The molecule has 0 aliphatic heterocycles. The second kappa shape index (κ2) is 6.02. The lowest BCUT2D eigenvalue weighted by Gasteiger charge is -2.25. The minimum Gasteiger partial charge on any atom is -0.452 e. The Balaban J connectivity index is 2.14. The molecule has 5 nitrogen and oxygen atoms in total. The van der Waals surface area contributed by atoms with Gasteiger partial charge in [-0.2, -0.15) is 0 Å². The number of sulfonamides is 1. The van der Waals surface area contributed by atoms with Gasteiger partial charge in [0, 0.05) is 25.7 Å². The predicted molar refractivity (Wildman–Crippen MR) is 85.5 cm³/mol. The predicted octanol–water partition coefficient (Wildman–Crippen LogP) is 2.96. The van der Waals surface area contributed by atoms with Crippen LogP contribution in [0, 0.1) is 5.41 Å². The minimum atomic E-state index is -3.54. The fourth-order valence-corrected chi connectivity index (χ4v) is 4.47. The zero-order valence-corrected chi connectivity index (χ0v) is 15.3. The molecule has 1 aromatic rings. The van der Waals surface area contributed by atoms with Crippen LogP contribution in [0.1, 0.15) is 39.4 Å². The van der Waals surface area contributed by atoms with E-state index >= 15 is 0 Å². The SMILES string of the molecule is CN(CC(C)(C)C)S(=O)(=O)c1cc(CNC2CC2)oc1Br. The van der Waals surface area contributed by atoms with Crippen molar-refractivity contribution in [2.75, 3.05) is 13.6 Å². The Hall–Kier alpha value is -0.370. The van der Waals surface area contributed by atoms with Crippen LogP contribution in [-0.4, -0.2) is 32.4 Å². The van der Waals surface area contributed by atoms with E-state index in [-0.39, 0.29) is 15.0 Å². The number of hydrogen-bond acceptors (Lipinski definition) is 4. The molecule has 2 rings (SSSR count). The summed E-state index contributed by atoms with van der Waals surface area (Å²) < 4.78 is 32.4. The summed E-state index contributed by atoms with van der Waals surface area (Å²) in [6.45, 7) is 7.03. The first-order chi connectivity index (χ1) is 9.59. The lowest BCUT2D eigenvalue weighted by Crippen LogP contribution is -2.34. The molecule has 0 spiro atoms. The van der Waals surface area contributed by atoms with Crippen molar-refractivity contribution in [2.45, 2.75) is 51.1 Å². The van der Waals surface area contributed by atoms with E-state index in [0.29, 0.717) is 24.9 Å². The van der Waals surface area contributed by atoms with Crippen LogP contribution >= 0.6 is 15.9 Å². The molecule has 0 saturated heterocycles. The maximum absolute atomic E-state index is 12.6. The number of hydrogen-bond donors (Lipinski definition) is 1. The van der Waals surface area contributed by atoms with Gasteiger partial charge in [-0.15, -0.1) is 0 Å². The van der Waals surface area contributed by atoms with Gasteiger partial charge in [0.1, 0.15) is 10.7 Å². The standard InChI is InChI=1S/C14H23BrN2O3S/c1-14(2,3)9-17(4)21(18,19)12-7-11(20-13(12)15)8-16-10-5-6-10/h7,10,16H,5-6,8-9H2,1-4H3. The molecular weight excluding hydrogens is 356 g/mol. The number of nitrogens with zero attached hydrogens (tertiary/aromatic N) is 1. The summed E-state index contributed by atoms with van der Waals surface area (Å²) in [6, 6.07) is 2.16. The van der Waals surface area contributed by atoms with Crippen LogP contribution in [-0.2, 0) is 16.6 Å². The van der Waals surface area contributed by atoms with E-state index in [1.54, 1.807) is 13.1 Å². The van der Waals surface area contributed by atoms with Crippen molar-refractivity contribution in [3.05, 3.63) is 16.5 Å². The molecule has 0 amide bonds. The Morgan fingerprint density at radius 3 is 2.57 bits per heavy atom. The molecule has 1 fully saturated rings. The molecule has 21 heavy (non-hydrogen) atoms. The Kier molecular flexibility index (Phi) is 4.87. The molecular formula is C14H23BrN2O3S. The monoisotopic (exact) mass is 378 g/mol. The van der Waals surface area contributed by atoms with Gasteiger partial charge in [-0.3, -0.25) is 0 Å². The van der Waals surface area contributed by atoms with Crippen molar-refractivity contribution < 1.29 is 12.8 Å². The Labute approximate surface area is 135 Å². The van der Waals surface area contributed by atoms with E-state index < -0.39 is 10.0 Å². The van der Waals surface area contributed by atoms with Gasteiger partial charge in [0.2, 0.25) is 10.0 Å². The molecule has 1 saturated carbocycles. The highest BCUT2D eigenvalue weighted by molar-refractivity contribution is 9.10. The molecule has 0 radical (unpaired) electrons. The Morgan fingerprint density at radius 1 is 1.43 bits per heavy atom. The van der Waals surface area contributed by atoms with Crippen LogP contribution in [0.5, 0.6) is 0 Å². The molecule has 1 heterocycles. The molecule has 0 atom stereocenters. The van der Waals surface area contributed by atoms with Gasteiger partial charge in [0.25, 0.3) is 0 Å². The molecule has 1 aliphatic rings. The van der Waals surface area contributed by atoms with Crippen LogP contribution in [0.2, 0.25) is 0 Å². The average molecular weight is 379 g/mol. The fraction of sp³-hybridized carbons (Fsp3) is 0.714. The summed E-state index contributed by atoms with van der Waals surface area (Å²) in [5.41, 5.74) is -0.103. The number of rotatable bonds is 6. The van der Waals surface area contributed by atoms with Crippen LogP contribution in [0.25, 0.3) is 0 Å². The summed E-state index contributed by atoms with van der Waals surface area (Å²) in [4.78, 5) is 0.196. The van der Waals surface area contributed by atoms with E-state index in [4.69, 9.17) is 4.42 Å². The van der Waals surface area contributed by atoms with Gasteiger partial charge in [0.15, 0.2) is 4.67 Å². The highest BCUT2D eigenvalue weighted by Gasteiger charge is 2.30. The van der Waals surface area contributed by atoms with Crippen molar-refractivity contribution in [3.63, 3.8) is 0 Å². The third-order valence-corrected chi connectivity index (χ3v) is 5.89. The van der Waals surface area contributed by atoms with E-state index in [1.165, 1.54) is 17.1 Å². The average Bonchev–Trinajstić information content (AvgIpc) is 3.07. The fourth-order valence-electron chi connectivity index (χ4n) is 2.11. The number of furan rings is 1. The molecule has 1 N–H and O–H groups in total. The molecule has 120 valence electrons. The molecule has 0 bridgehead atoms. The molecule has 0 unspecified atom stereocenters. The summed E-state index contributed by atoms with van der Waals surface area (Å²) in [6.07, 6.45) is 2.36. The van der Waals surface area contributed by atoms with Gasteiger partial charge in [-0.25, -0.2) is 12.7 Å². The van der Waals surface area contributed by atoms with Gasteiger partial charge in [-0.1, -0.05) is 20.8 Å².